The van der Waals surface area contributed by atoms with Crippen molar-refractivity contribution in [3.8, 4) is 11.8 Å². The van der Waals surface area contributed by atoms with Crippen LogP contribution in [0.5, 0.6) is 5.75 Å². The number of carbonyl (C=O) groups excluding carboxylic acids is 1. The van der Waals surface area contributed by atoms with Crippen molar-refractivity contribution in [2.45, 2.75) is 19.9 Å². The summed E-state index contributed by atoms with van der Waals surface area (Å²) >= 11 is 0. The van der Waals surface area contributed by atoms with Gasteiger partial charge in [-0.3, -0.25) is 4.79 Å². The molecule has 1 amide bonds. The molecule has 1 N–H and O–H groups in total. The normalized spacial score (nSPS) is 10.0. The van der Waals surface area contributed by atoms with E-state index in [0.717, 1.165) is 5.69 Å². The highest BCUT2D eigenvalue weighted by Gasteiger charge is 2.10. The number of hydrogen-bond acceptors (Lipinski definition) is 4. The molecule has 22 heavy (non-hydrogen) atoms. The van der Waals surface area contributed by atoms with Gasteiger partial charge in [0.1, 0.15) is 17.4 Å². The summed E-state index contributed by atoms with van der Waals surface area (Å²) in [4.78, 5) is 11.9. The monoisotopic (exact) mass is 302 g/mol. The van der Waals surface area contributed by atoms with Crippen LogP contribution in [0, 0.1) is 24.1 Å². The molecule has 7 heteroatoms. The number of nitriles is 1. The minimum Gasteiger partial charge on any atom is -0.484 e. The van der Waals surface area contributed by atoms with E-state index < -0.39 is 0 Å². The van der Waals surface area contributed by atoms with Crippen molar-refractivity contribution < 1.29 is 13.9 Å². The molecule has 1 heterocycles. The van der Waals surface area contributed by atoms with E-state index in [0.29, 0.717) is 24.5 Å². The number of anilines is 1. The second-order valence-corrected chi connectivity index (χ2v) is 4.59. The van der Waals surface area contributed by atoms with Crippen molar-refractivity contribution in [1.82, 2.24) is 9.78 Å². The number of amides is 1. The van der Waals surface area contributed by atoms with E-state index in [1.165, 1.54) is 24.3 Å². The summed E-state index contributed by atoms with van der Waals surface area (Å²) in [6, 6.07) is 9.16. The summed E-state index contributed by atoms with van der Waals surface area (Å²) in [6.07, 6.45) is 0.302. The summed E-state index contributed by atoms with van der Waals surface area (Å²) in [5.74, 6) is 0.197. The van der Waals surface area contributed by atoms with E-state index in [-0.39, 0.29) is 18.3 Å². The molecular formula is C15H15FN4O2. The fourth-order valence-electron chi connectivity index (χ4n) is 1.83. The third-order valence-electron chi connectivity index (χ3n) is 2.79. The second-order valence-electron chi connectivity index (χ2n) is 4.59. The van der Waals surface area contributed by atoms with Gasteiger partial charge in [-0.2, -0.15) is 10.4 Å². The van der Waals surface area contributed by atoms with Gasteiger partial charge in [-0.05, 0) is 31.2 Å². The maximum Gasteiger partial charge on any atom is 0.263 e. The predicted molar refractivity (Wildman–Crippen MR) is 77.7 cm³/mol. The zero-order chi connectivity index (χ0) is 15.9. The molecule has 0 atom stereocenters. The molecule has 0 aliphatic heterocycles. The highest BCUT2D eigenvalue weighted by Crippen LogP contribution is 2.13. The number of nitrogens with one attached hydrogen (secondary N) is 1. The van der Waals surface area contributed by atoms with Gasteiger partial charge >= 0.3 is 0 Å². The molecule has 0 saturated heterocycles. The molecule has 0 saturated carbocycles. The Hall–Kier alpha value is -2.88. The number of benzene rings is 1. The highest BCUT2D eigenvalue weighted by atomic mass is 19.1. The quantitative estimate of drug-likeness (QED) is 0.887. The minimum absolute atomic E-state index is 0.200. The topological polar surface area (TPSA) is 79.9 Å². The molecule has 6 nitrogen and oxygen atoms in total. The van der Waals surface area contributed by atoms with Crippen LogP contribution >= 0.6 is 0 Å². The van der Waals surface area contributed by atoms with E-state index in [1.807, 2.05) is 6.07 Å². The van der Waals surface area contributed by atoms with Gasteiger partial charge in [0.25, 0.3) is 5.91 Å². The van der Waals surface area contributed by atoms with Gasteiger partial charge in [0, 0.05) is 6.07 Å². The van der Waals surface area contributed by atoms with Crippen molar-refractivity contribution >= 4 is 11.7 Å². The Morgan fingerprint density at radius 1 is 1.45 bits per heavy atom. The van der Waals surface area contributed by atoms with Gasteiger partial charge < -0.3 is 10.1 Å². The van der Waals surface area contributed by atoms with Crippen molar-refractivity contribution in [3.05, 3.63) is 41.8 Å². The lowest BCUT2D eigenvalue weighted by atomic mass is 10.3. The Bertz CT molecular complexity index is 689. The molecule has 0 unspecified atom stereocenters. The highest BCUT2D eigenvalue weighted by molar-refractivity contribution is 5.91. The lowest BCUT2D eigenvalue weighted by Crippen LogP contribution is -2.22. The van der Waals surface area contributed by atoms with E-state index in [1.54, 1.807) is 17.7 Å². The Labute approximate surface area is 127 Å². The standard InChI is InChI=1S/C15H15FN4O2/c1-11-9-14(20(19-11)8-2-7-17)18-15(21)10-22-13-5-3-12(16)4-6-13/h3-6,9H,2,8,10H2,1H3,(H,18,21). The summed E-state index contributed by atoms with van der Waals surface area (Å²) in [6.45, 7) is 2.00. The summed E-state index contributed by atoms with van der Waals surface area (Å²) < 4.78 is 19.6. The van der Waals surface area contributed by atoms with E-state index in [4.69, 9.17) is 10.00 Å². The molecule has 0 aliphatic carbocycles. The third-order valence-corrected chi connectivity index (χ3v) is 2.79. The number of rotatable bonds is 6. The first-order chi connectivity index (χ1) is 10.6. The van der Waals surface area contributed by atoms with Gasteiger partial charge in [-0.1, -0.05) is 0 Å². The molecule has 0 spiro atoms. The number of aryl methyl sites for hydroxylation is 2. The van der Waals surface area contributed by atoms with Crippen molar-refractivity contribution in [2.75, 3.05) is 11.9 Å². The zero-order valence-electron chi connectivity index (χ0n) is 12.0. The van der Waals surface area contributed by atoms with Gasteiger partial charge in [0.05, 0.1) is 24.7 Å². The molecule has 0 bridgehead atoms. The van der Waals surface area contributed by atoms with Crippen LogP contribution in [-0.2, 0) is 11.3 Å². The average molecular weight is 302 g/mol. The number of aromatic nitrogens is 2. The van der Waals surface area contributed by atoms with Gasteiger partial charge in [0.2, 0.25) is 0 Å². The second kappa shape index (κ2) is 7.22. The Morgan fingerprint density at radius 2 is 2.18 bits per heavy atom. The van der Waals surface area contributed by atoms with Crippen LogP contribution in [0.2, 0.25) is 0 Å². The summed E-state index contributed by atoms with van der Waals surface area (Å²) in [5.41, 5.74) is 0.743. The zero-order valence-corrected chi connectivity index (χ0v) is 12.0. The number of nitrogens with zero attached hydrogens (tertiary/aromatic N) is 3. The molecule has 2 rings (SSSR count). The molecule has 1 aromatic carbocycles. The lowest BCUT2D eigenvalue weighted by Gasteiger charge is -2.08. The molecule has 114 valence electrons. The smallest absolute Gasteiger partial charge is 0.263 e. The average Bonchev–Trinajstić information content (AvgIpc) is 2.84. The Morgan fingerprint density at radius 3 is 2.86 bits per heavy atom. The fraction of sp³-hybridized carbons (Fsp3) is 0.267. The van der Waals surface area contributed by atoms with Crippen LogP contribution in [0.25, 0.3) is 0 Å². The first-order valence-corrected chi connectivity index (χ1v) is 6.68. The summed E-state index contributed by atoms with van der Waals surface area (Å²) in [7, 11) is 0. The minimum atomic E-state index is -0.367. The number of ether oxygens (including phenoxy) is 1. The predicted octanol–water partition coefficient (Wildman–Crippen LogP) is 2.26. The van der Waals surface area contributed by atoms with Gasteiger partial charge in [-0.15, -0.1) is 0 Å². The van der Waals surface area contributed by atoms with Gasteiger partial charge in [-0.25, -0.2) is 9.07 Å². The van der Waals surface area contributed by atoms with Crippen LogP contribution in [0.3, 0.4) is 0 Å². The van der Waals surface area contributed by atoms with Crippen molar-refractivity contribution in [3.63, 3.8) is 0 Å². The molecule has 0 fully saturated rings. The van der Waals surface area contributed by atoms with Gasteiger partial charge in [0.15, 0.2) is 6.61 Å². The number of carbonyl (C=O) groups is 1. The Balaban J connectivity index is 1.91. The molecule has 0 aliphatic rings. The van der Waals surface area contributed by atoms with Crippen LogP contribution in [0.1, 0.15) is 12.1 Å². The Kier molecular flexibility index (Phi) is 5.09. The first kappa shape index (κ1) is 15.5. The maximum absolute atomic E-state index is 12.8. The van der Waals surface area contributed by atoms with Crippen molar-refractivity contribution in [1.29, 1.82) is 5.26 Å². The third kappa shape index (κ3) is 4.31. The fourth-order valence-corrected chi connectivity index (χ4v) is 1.83. The lowest BCUT2D eigenvalue weighted by molar-refractivity contribution is -0.118. The molecule has 0 radical (unpaired) electrons. The first-order valence-electron chi connectivity index (χ1n) is 6.68. The molecule has 2 aromatic rings. The summed E-state index contributed by atoms with van der Waals surface area (Å²) in [5, 5.41) is 15.5. The van der Waals surface area contributed by atoms with Crippen molar-refractivity contribution in [2.24, 2.45) is 0 Å². The molecular weight excluding hydrogens is 287 g/mol. The van der Waals surface area contributed by atoms with Crippen LogP contribution in [-0.4, -0.2) is 22.3 Å². The van der Waals surface area contributed by atoms with Crippen LogP contribution < -0.4 is 10.1 Å². The SMILES string of the molecule is Cc1cc(NC(=O)COc2ccc(F)cc2)n(CCC#N)n1. The van der Waals surface area contributed by atoms with E-state index >= 15 is 0 Å². The van der Waals surface area contributed by atoms with E-state index in [2.05, 4.69) is 10.4 Å². The molecule has 1 aromatic heterocycles. The van der Waals surface area contributed by atoms with E-state index in [9.17, 15) is 9.18 Å². The number of hydrogen-bond donors (Lipinski definition) is 1. The maximum atomic E-state index is 12.8. The van der Waals surface area contributed by atoms with Crippen LogP contribution in [0.4, 0.5) is 10.2 Å². The largest absolute Gasteiger partial charge is 0.484 e. The van der Waals surface area contributed by atoms with Crippen LogP contribution in [0.15, 0.2) is 30.3 Å². The number of halogens is 1.